The van der Waals surface area contributed by atoms with Gasteiger partial charge in [0.2, 0.25) is 0 Å². The number of rotatable bonds is 2. The molecule has 2 heterocycles. The van der Waals surface area contributed by atoms with Crippen molar-refractivity contribution in [3.05, 3.63) is 29.5 Å². The molecule has 19 heavy (non-hydrogen) atoms. The van der Waals surface area contributed by atoms with E-state index in [0.29, 0.717) is 6.04 Å². The van der Waals surface area contributed by atoms with E-state index in [2.05, 4.69) is 48.7 Å². The Morgan fingerprint density at radius 3 is 2.79 bits per heavy atom. The lowest BCUT2D eigenvalue weighted by Gasteiger charge is -2.31. The molecular weight excluding hydrogens is 236 g/mol. The van der Waals surface area contributed by atoms with E-state index in [4.69, 9.17) is 4.74 Å². The lowest BCUT2D eigenvalue weighted by molar-refractivity contribution is 0.244. The standard InChI is InChI=1S/C16H22N2O/c1-11-13-10-12(19-4)7-8-14(13)18-9-5-6-15(16(11)18)17(2)3/h7-8,10,15H,5-6,9H2,1-4H3. The third-order valence-electron chi connectivity index (χ3n) is 4.37. The second-order valence-electron chi connectivity index (χ2n) is 5.67. The van der Waals surface area contributed by atoms with Crippen LogP contribution in [-0.2, 0) is 6.54 Å². The summed E-state index contributed by atoms with van der Waals surface area (Å²) >= 11 is 0. The summed E-state index contributed by atoms with van der Waals surface area (Å²) in [6.07, 6.45) is 2.51. The zero-order chi connectivity index (χ0) is 13.6. The van der Waals surface area contributed by atoms with Gasteiger partial charge in [-0.05, 0) is 57.6 Å². The SMILES string of the molecule is COc1ccc2c(c1)c(C)c1n2CCCC1N(C)C. The molecule has 102 valence electrons. The van der Waals surface area contributed by atoms with Crippen molar-refractivity contribution in [1.82, 2.24) is 9.47 Å². The number of ether oxygens (including phenoxy) is 1. The minimum atomic E-state index is 0.534. The van der Waals surface area contributed by atoms with Crippen molar-refractivity contribution >= 4 is 10.9 Å². The molecule has 3 rings (SSSR count). The molecule has 0 saturated heterocycles. The summed E-state index contributed by atoms with van der Waals surface area (Å²) in [4.78, 5) is 2.34. The van der Waals surface area contributed by atoms with Gasteiger partial charge in [0.15, 0.2) is 0 Å². The molecule has 0 fully saturated rings. The van der Waals surface area contributed by atoms with Gasteiger partial charge in [-0.15, -0.1) is 0 Å². The van der Waals surface area contributed by atoms with Crippen LogP contribution in [0.15, 0.2) is 18.2 Å². The fourth-order valence-corrected chi connectivity index (χ4v) is 3.40. The van der Waals surface area contributed by atoms with Gasteiger partial charge < -0.3 is 14.2 Å². The second-order valence-corrected chi connectivity index (χ2v) is 5.67. The summed E-state index contributed by atoms with van der Waals surface area (Å²) in [6, 6.07) is 6.96. The molecular formula is C16H22N2O. The first-order valence-corrected chi connectivity index (χ1v) is 6.96. The predicted octanol–water partition coefficient (Wildman–Crippen LogP) is 3.35. The lowest BCUT2D eigenvalue weighted by atomic mass is 10.00. The molecule has 0 amide bonds. The van der Waals surface area contributed by atoms with Crippen molar-refractivity contribution in [3.63, 3.8) is 0 Å². The van der Waals surface area contributed by atoms with Gasteiger partial charge in [0.1, 0.15) is 5.75 Å². The molecule has 0 aliphatic carbocycles. The van der Waals surface area contributed by atoms with E-state index in [1.807, 2.05) is 0 Å². The van der Waals surface area contributed by atoms with Gasteiger partial charge in [0.05, 0.1) is 7.11 Å². The van der Waals surface area contributed by atoms with Crippen molar-refractivity contribution in [2.24, 2.45) is 0 Å². The highest BCUT2D eigenvalue weighted by Gasteiger charge is 2.26. The normalized spacial score (nSPS) is 18.9. The lowest BCUT2D eigenvalue weighted by Crippen LogP contribution is -2.27. The molecule has 1 aromatic heterocycles. The predicted molar refractivity (Wildman–Crippen MR) is 78.9 cm³/mol. The summed E-state index contributed by atoms with van der Waals surface area (Å²) in [7, 11) is 6.09. The van der Waals surface area contributed by atoms with Crippen molar-refractivity contribution in [3.8, 4) is 5.75 Å². The van der Waals surface area contributed by atoms with Crippen molar-refractivity contribution < 1.29 is 4.74 Å². The molecule has 2 aromatic rings. The fourth-order valence-electron chi connectivity index (χ4n) is 3.40. The molecule has 0 saturated carbocycles. The molecule has 3 heteroatoms. The molecule has 0 bridgehead atoms. The molecule has 1 aromatic carbocycles. The Morgan fingerprint density at radius 2 is 2.11 bits per heavy atom. The van der Waals surface area contributed by atoms with Crippen molar-refractivity contribution in [2.45, 2.75) is 32.4 Å². The Kier molecular flexibility index (Phi) is 3.02. The summed E-state index contributed by atoms with van der Waals surface area (Å²) in [5.41, 5.74) is 4.24. The first-order chi connectivity index (χ1) is 9.13. The van der Waals surface area contributed by atoms with E-state index in [-0.39, 0.29) is 0 Å². The molecule has 0 spiro atoms. The summed E-state index contributed by atoms with van der Waals surface area (Å²) < 4.78 is 7.86. The van der Waals surface area contributed by atoms with Crippen molar-refractivity contribution in [2.75, 3.05) is 21.2 Å². The highest BCUT2D eigenvalue weighted by atomic mass is 16.5. The average Bonchev–Trinajstić information content (AvgIpc) is 2.72. The van der Waals surface area contributed by atoms with Crippen LogP contribution < -0.4 is 4.74 Å². The van der Waals surface area contributed by atoms with Crippen LogP contribution in [0.4, 0.5) is 0 Å². The van der Waals surface area contributed by atoms with Crippen LogP contribution in [0.5, 0.6) is 5.75 Å². The number of hydrogen-bond acceptors (Lipinski definition) is 2. The highest BCUT2D eigenvalue weighted by molar-refractivity contribution is 5.87. The van der Waals surface area contributed by atoms with Crippen LogP contribution in [0.3, 0.4) is 0 Å². The Labute approximate surface area is 114 Å². The summed E-state index contributed by atoms with van der Waals surface area (Å²) in [5, 5.41) is 1.34. The van der Waals surface area contributed by atoms with E-state index in [9.17, 15) is 0 Å². The van der Waals surface area contributed by atoms with Gasteiger partial charge in [-0.2, -0.15) is 0 Å². The van der Waals surface area contributed by atoms with E-state index < -0.39 is 0 Å². The van der Waals surface area contributed by atoms with Crippen LogP contribution in [0.25, 0.3) is 10.9 Å². The van der Waals surface area contributed by atoms with Gasteiger partial charge >= 0.3 is 0 Å². The van der Waals surface area contributed by atoms with Gasteiger partial charge in [-0.1, -0.05) is 0 Å². The Bertz CT molecular complexity index is 613. The quantitative estimate of drug-likeness (QED) is 0.822. The van der Waals surface area contributed by atoms with E-state index >= 15 is 0 Å². The second kappa shape index (κ2) is 4.57. The smallest absolute Gasteiger partial charge is 0.119 e. The maximum Gasteiger partial charge on any atom is 0.119 e. The third kappa shape index (κ3) is 1.84. The maximum atomic E-state index is 5.36. The number of hydrogen-bond donors (Lipinski definition) is 0. The van der Waals surface area contributed by atoms with Gasteiger partial charge in [-0.3, -0.25) is 0 Å². The van der Waals surface area contributed by atoms with Crippen LogP contribution in [0.2, 0.25) is 0 Å². The Morgan fingerprint density at radius 1 is 1.32 bits per heavy atom. The molecule has 0 radical (unpaired) electrons. The molecule has 0 N–H and O–H groups in total. The number of aryl methyl sites for hydroxylation is 2. The molecule has 1 unspecified atom stereocenters. The van der Waals surface area contributed by atoms with E-state index in [1.54, 1.807) is 7.11 Å². The number of benzene rings is 1. The first kappa shape index (κ1) is 12.5. The third-order valence-corrected chi connectivity index (χ3v) is 4.37. The van der Waals surface area contributed by atoms with Crippen molar-refractivity contribution in [1.29, 1.82) is 0 Å². The van der Waals surface area contributed by atoms with Gasteiger partial charge in [0, 0.05) is 29.2 Å². The Balaban J connectivity index is 2.26. The molecule has 1 aliphatic heterocycles. The minimum absolute atomic E-state index is 0.534. The largest absolute Gasteiger partial charge is 0.497 e. The van der Waals surface area contributed by atoms with Crippen LogP contribution >= 0.6 is 0 Å². The number of fused-ring (bicyclic) bond motifs is 3. The zero-order valence-electron chi connectivity index (χ0n) is 12.2. The van der Waals surface area contributed by atoms with Crippen LogP contribution in [0.1, 0.15) is 30.1 Å². The monoisotopic (exact) mass is 258 g/mol. The molecule has 1 aliphatic rings. The maximum absolute atomic E-state index is 5.36. The van der Waals surface area contributed by atoms with Gasteiger partial charge in [-0.25, -0.2) is 0 Å². The highest BCUT2D eigenvalue weighted by Crippen LogP contribution is 2.38. The number of nitrogens with zero attached hydrogens (tertiary/aromatic N) is 2. The van der Waals surface area contributed by atoms with Gasteiger partial charge in [0.25, 0.3) is 0 Å². The van der Waals surface area contributed by atoms with Crippen LogP contribution in [-0.4, -0.2) is 30.7 Å². The summed E-state index contributed by atoms with van der Waals surface area (Å²) in [5.74, 6) is 0.944. The van der Waals surface area contributed by atoms with E-state index in [1.165, 1.54) is 35.0 Å². The average molecular weight is 258 g/mol. The number of aromatic nitrogens is 1. The molecule has 1 atom stereocenters. The first-order valence-electron chi connectivity index (χ1n) is 6.96. The van der Waals surface area contributed by atoms with Crippen LogP contribution in [0, 0.1) is 6.92 Å². The molecule has 3 nitrogen and oxygen atoms in total. The zero-order valence-corrected chi connectivity index (χ0v) is 12.2. The minimum Gasteiger partial charge on any atom is -0.497 e. The van der Waals surface area contributed by atoms with E-state index in [0.717, 1.165) is 12.3 Å². The Hall–Kier alpha value is -1.48. The fraction of sp³-hybridized carbons (Fsp3) is 0.500. The number of methoxy groups -OCH3 is 1. The summed E-state index contributed by atoms with van der Waals surface area (Å²) in [6.45, 7) is 3.38. The topological polar surface area (TPSA) is 17.4 Å².